The number of carboxylic acids is 1. The highest BCUT2D eigenvalue weighted by atomic mass is 16.5. The average molecular weight is 418 g/mol. The first-order valence-corrected chi connectivity index (χ1v) is 10.1. The van der Waals surface area contributed by atoms with Gasteiger partial charge in [-0.2, -0.15) is 0 Å². The van der Waals surface area contributed by atoms with Crippen LogP contribution in [-0.2, 0) is 11.3 Å². The largest absolute Gasteiger partial charge is 0.493 e. The normalized spacial score (nSPS) is 11.4. The third-order valence-corrected chi connectivity index (χ3v) is 5.55. The van der Waals surface area contributed by atoms with Crippen molar-refractivity contribution in [2.45, 2.75) is 58.5 Å². The van der Waals surface area contributed by atoms with Crippen LogP contribution in [0.4, 0.5) is 0 Å². The number of ether oxygens (including phenoxy) is 2. The molecule has 1 amide bonds. The Morgan fingerprint density at radius 1 is 1.13 bits per heavy atom. The fourth-order valence-corrected chi connectivity index (χ4v) is 3.54. The number of fused-ring (bicyclic) bond motifs is 1. The van der Waals surface area contributed by atoms with Gasteiger partial charge in [0.25, 0.3) is 11.5 Å². The van der Waals surface area contributed by atoms with E-state index in [2.05, 4.69) is 5.32 Å². The highest BCUT2D eigenvalue weighted by Crippen LogP contribution is 2.35. The van der Waals surface area contributed by atoms with Crippen LogP contribution in [0.2, 0.25) is 0 Å². The first-order chi connectivity index (χ1) is 14.3. The number of carbonyl (C=O) groups is 2. The van der Waals surface area contributed by atoms with Crippen LogP contribution in [0.5, 0.6) is 11.5 Å². The van der Waals surface area contributed by atoms with Crippen molar-refractivity contribution >= 4 is 22.8 Å². The smallest absolute Gasteiger partial charge is 0.329 e. The molecule has 2 aromatic rings. The lowest BCUT2D eigenvalue weighted by Crippen LogP contribution is -2.54. The van der Waals surface area contributed by atoms with Gasteiger partial charge in [0, 0.05) is 11.9 Å². The summed E-state index contributed by atoms with van der Waals surface area (Å²) < 4.78 is 12.4. The highest BCUT2D eigenvalue weighted by molar-refractivity contribution is 6.01. The van der Waals surface area contributed by atoms with Crippen molar-refractivity contribution in [2.24, 2.45) is 0 Å². The number of amides is 1. The zero-order chi connectivity index (χ0) is 22.5. The number of carboxylic acid groups (broad SMARTS) is 1. The molecule has 0 fully saturated rings. The summed E-state index contributed by atoms with van der Waals surface area (Å²) in [7, 11) is 3.01. The molecule has 0 atom stereocenters. The van der Waals surface area contributed by atoms with Crippen LogP contribution in [0.1, 0.15) is 56.8 Å². The third kappa shape index (κ3) is 4.13. The number of nitrogens with one attached hydrogen (secondary N) is 1. The van der Waals surface area contributed by atoms with Gasteiger partial charge in [-0.25, -0.2) is 4.79 Å². The van der Waals surface area contributed by atoms with E-state index in [9.17, 15) is 19.5 Å². The zero-order valence-corrected chi connectivity index (χ0v) is 18.2. The quantitative estimate of drug-likeness (QED) is 0.614. The lowest BCUT2D eigenvalue weighted by molar-refractivity contribution is -0.144. The molecule has 1 aromatic heterocycles. The maximum absolute atomic E-state index is 13.3. The maximum Gasteiger partial charge on any atom is 0.329 e. The van der Waals surface area contributed by atoms with E-state index in [-0.39, 0.29) is 18.4 Å². The Balaban J connectivity index is 2.73. The Labute approximate surface area is 175 Å². The van der Waals surface area contributed by atoms with Crippen molar-refractivity contribution in [3.05, 3.63) is 34.1 Å². The van der Waals surface area contributed by atoms with Gasteiger partial charge >= 0.3 is 5.97 Å². The Morgan fingerprint density at radius 3 is 2.30 bits per heavy atom. The second kappa shape index (κ2) is 9.65. The Hall–Kier alpha value is -3.03. The molecule has 0 bridgehead atoms. The van der Waals surface area contributed by atoms with E-state index >= 15 is 0 Å². The van der Waals surface area contributed by atoms with E-state index in [4.69, 9.17) is 9.47 Å². The van der Waals surface area contributed by atoms with Crippen molar-refractivity contribution in [1.29, 1.82) is 0 Å². The van der Waals surface area contributed by atoms with Gasteiger partial charge in [0.15, 0.2) is 11.5 Å². The standard InChI is InChI=1S/C22H30N2O6/c1-6-9-12-24-17-14(10-11-16(29-4)18(17)30-5)13-15(20(24)26)19(25)23-22(7-2,8-3)21(27)28/h10-11,13H,6-9,12H2,1-5H3,(H,23,25)(H,27,28). The van der Waals surface area contributed by atoms with Gasteiger partial charge in [0.1, 0.15) is 11.1 Å². The number of hydrogen-bond donors (Lipinski definition) is 2. The van der Waals surface area contributed by atoms with E-state index in [1.165, 1.54) is 24.9 Å². The van der Waals surface area contributed by atoms with Gasteiger partial charge < -0.3 is 24.5 Å². The first-order valence-electron chi connectivity index (χ1n) is 10.1. The fraction of sp³-hybridized carbons (Fsp3) is 0.500. The molecule has 164 valence electrons. The summed E-state index contributed by atoms with van der Waals surface area (Å²) in [5.74, 6) is -0.932. The molecule has 1 heterocycles. The fourth-order valence-electron chi connectivity index (χ4n) is 3.54. The van der Waals surface area contributed by atoms with Crippen LogP contribution < -0.4 is 20.3 Å². The van der Waals surface area contributed by atoms with Gasteiger partial charge in [0.2, 0.25) is 0 Å². The summed E-state index contributed by atoms with van der Waals surface area (Å²) in [5.41, 5.74) is -1.48. The first kappa shape index (κ1) is 23.3. The molecule has 0 aliphatic heterocycles. The van der Waals surface area contributed by atoms with Gasteiger partial charge in [-0.15, -0.1) is 0 Å². The van der Waals surface area contributed by atoms with Gasteiger partial charge in [0.05, 0.1) is 19.7 Å². The summed E-state index contributed by atoms with van der Waals surface area (Å²) >= 11 is 0. The number of hydrogen-bond acceptors (Lipinski definition) is 5. The molecule has 1 aromatic carbocycles. The van der Waals surface area contributed by atoms with Crippen molar-refractivity contribution < 1.29 is 24.2 Å². The van der Waals surface area contributed by atoms with E-state index in [0.29, 0.717) is 28.9 Å². The van der Waals surface area contributed by atoms with Crippen LogP contribution in [0.25, 0.3) is 10.9 Å². The molecule has 2 N–H and O–H groups in total. The molecule has 30 heavy (non-hydrogen) atoms. The number of benzene rings is 1. The molecular weight excluding hydrogens is 388 g/mol. The van der Waals surface area contributed by atoms with Crippen molar-refractivity contribution in [3.8, 4) is 11.5 Å². The summed E-state index contributed by atoms with van der Waals surface area (Å²) in [4.78, 5) is 38.1. The summed E-state index contributed by atoms with van der Waals surface area (Å²) in [6.45, 7) is 5.78. The Morgan fingerprint density at radius 2 is 1.80 bits per heavy atom. The van der Waals surface area contributed by atoms with Crippen LogP contribution in [-0.4, -0.2) is 41.3 Å². The molecule has 0 aliphatic carbocycles. The molecule has 2 rings (SSSR count). The lowest BCUT2D eigenvalue weighted by atomic mass is 9.92. The second-order valence-corrected chi connectivity index (χ2v) is 7.16. The number of pyridine rings is 1. The Kier molecular flexibility index (Phi) is 7.48. The van der Waals surface area contributed by atoms with Gasteiger partial charge in [-0.3, -0.25) is 9.59 Å². The molecule has 0 unspecified atom stereocenters. The predicted molar refractivity (Wildman–Crippen MR) is 115 cm³/mol. The average Bonchev–Trinajstić information content (AvgIpc) is 2.75. The molecule has 8 nitrogen and oxygen atoms in total. The number of unbranched alkanes of at least 4 members (excludes halogenated alkanes) is 1. The molecule has 0 radical (unpaired) electrons. The zero-order valence-electron chi connectivity index (χ0n) is 18.2. The van der Waals surface area contributed by atoms with E-state index in [0.717, 1.165) is 12.8 Å². The van der Waals surface area contributed by atoms with Gasteiger partial charge in [-0.05, 0) is 37.5 Å². The lowest BCUT2D eigenvalue weighted by Gasteiger charge is -2.28. The second-order valence-electron chi connectivity index (χ2n) is 7.16. The summed E-state index contributed by atoms with van der Waals surface area (Å²) in [6.07, 6.45) is 1.98. The minimum absolute atomic E-state index is 0.0988. The number of aromatic nitrogens is 1. The number of nitrogens with zero attached hydrogens (tertiary/aromatic N) is 1. The summed E-state index contributed by atoms with van der Waals surface area (Å²) in [5, 5.41) is 12.8. The van der Waals surface area contributed by atoms with Crippen molar-refractivity contribution in [2.75, 3.05) is 14.2 Å². The van der Waals surface area contributed by atoms with Crippen molar-refractivity contribution in [1.82, 2.24) is 9.88 Å². The van der Waals surface area contributed by atoms with Gasteiger partial charge in [-0.1, -0.05) is 27.2 Å². The van der Waals surface area contributed by atoms with Crippen LogP contribution in [0, 0.1) is 0 Å². The molecule has 0 saturated carbocycles. The topological polar surface area (TPSA) is 107 Å². The number of methoxy groups -OCH3 is 2. The number of rotatable bonds is 10. The number of aliphatic carboxylic acids is 1. The molecule has 8 heteroatoms. The van der Waals surface area contributed by atoms with Crippen LogP contribution >= 0.6 is 0 Å². The molecular formula is C22H30N2O6. The SMILES string of the molecule is CCCCn1c(=O)c(C(=O)NC(CC)(CC)C(=O)O)cc2ccc(OC)c(OC)c21. The van der Waals surface area contributed by atoms with E-state index < -0.39 is 23.0 Å². The molecule has 0 spiro atoms. The minimum atomic E-state index is -1.43. The monoisotopic (exact) mass is 418 g/mol. The number of aryl methyl sites for hydroxylation is 1. The van der Waals surface area contributed by atoms with Crippen molar-refractivity contribution in [3.63, 3.8) is 0 Å². The highest BCUT2D eigenvalue weighted by Gasteiger charge is 2.37. The minimum Gasteiger partial charge on any atom is -0.493 e. The molecule has 0 saturated heterocycles. The predicted octanol–water partition coefficient (Wildman–Crippen LogP) is 3.19. The third-order valence-electron chi connectivity index (χ3n) is 5.55. The summed E-state index contributed by atoms with van der Waals surface area (Å²) in [6, 6.07) is 4.94. The Bertz CT molecular complexity index is 991. The molecule has 0 aliphatic rings. The van der Waals surface area contributed by atoms with Crippen LogP contribution in [0.15, 0.2) is 23.0 Å². The van der Waals surface area contributed by atoms with E-state index in [1.54, 1.807) is 26.0 Å². The number of carbonyl (C=O) groups excluding carboxylic acids is 1. The maximum atomic E-state index is 13.3. The van der Waals surface area contributed by atoms with Crippen LogP contribution in [0.3, 0.4) is 0 Å². The van der Waals surface area contributed by atoms with E-state index in [1.807, 2.05) is 6.92 Å².